The van der Waals surface area contributed by atoms with Crippen LogP contribution in [0.3, 0.4) is 0 Å². The van der Waals surface area contributed by atoms with Crippen LogP contribution in [-0.2, 0) is 27.2 Å². The summed E-state index contributed by atoms with van der Waals surface area (Å²) in [5.74, 6) is 0.166. The lowest BCUT2D eigenvalue weighted by Crippen LogP contribution is -2.38. The Morgan fingerprint density at radius 3 is 2.62 bits per heavy atom. The molecule has 0 bridgehead atoms. The molecule has 4 heterocycles. The molecule has 0 atom stereocenters. The molecule has 0 amide bonds. The van der Waals surface area contributed by atoms with E-state index in [2.05, 4.69) is 4.98 Å². The van der Waals surface area contributed by atoms with Crippen molar-refractivity contribution < 1.29 is 4.79 Å². The van der Waals surface area contributed by atoms with E-state index in [0.717, 1.165) is 21.0 Å². The number of carbonyl (C=O) groups is 1. The largest absolute Gasteiger partial charge is 0.361 e. The fourth-order valence-electron chi connectivity index (χ4n) is 4.87. The molecule has 10 heteroatoms. The van der Waals surface area contributed by atoms with E-state index in [9.17, 15) is 14.4 Å². The molecule has 4 aromatic heterocycles. The molecule has 0 fully saturated rings. The van der Waals surface area contributed by atoms with Crippen LogP contribution in [0.25, 0.3) is 33.3 Å². The van der Waals surface area contributed by atoms with Crippen molar-refractivity contribution in [2.45, 2.75) is 40.3 Å². The van der Waals surface area contributed by atoms with E-state index in [1.54, 1.807) is 21.5 Å². The number of nitrogens with one attached hydrogen (secondary N) is 1. The van der Waals surface area contributed by atoms with Gasteiger partial charge in [0.05, 0.1) is 12.2 Å². The number of hydrogen-bond donors (Lipinski definition) is 1. The van der Waals surface area contributed by atoms with Crippen molar-refractivity contribution in [2.75, 3.05) is 0 Å². The monoisotopic (exact) mass is 520 g/mol. The highest BCUT2D eigenvalue weighted by Gasteiger charge is 2.25. The van der Waals surface area contributed by atoms with Crippen LogP contribution in [0.1, 0.15) is 43.1 Å². The van der Waals surface area contributed by atoms with Gasteiger partial charge >= 0.3 is 5.69 Å². The van der Waals surface area contributed by atoms with E-state index in [1.807, 2.05) is 56.8 Å². The molecule has 5 rings (SSSR count). The number of halogens is 1. The summed E-state index contributed by atoms with van der Waals surface area (Å²) in [4.78, 5) is 42.5. The van der Waals surface area contributed by atoms with Gasteiger partial charge < -0.3 is 9.55 Å². The molecule has 5 aromatic rings. The topological polar surface area (TPSA) is 99.6 Å². The predicted octanol–water partition coefficient (Wildman–Crippen LogP) is 4.33. The number of benzene rings is 1. The Kier molecular flexibility index (Phi) is 6.19. The van der Waals surface area contributed by atoms with Gasteiger partial charge in [-0.05, 0) is 35.7 Å². The first kappa shape index (κ1) is 24.8. The molecule has 192 valence electrons. The van der Waals surface area contributed by atoms with Crippen molar-refractivity contribution in [3.63, 3.8) is 0 Å². The normalized spacial score (nSPS) is 11.9. The van der Waals surface area contributed by atoms with E-state index in [-0.39, 0.29) is 11.7 Å². The van der Waals surface area contributed by atoms with Gasteiger partial charge in [0.1, 0.15) is 11.1 Å². The second kappa shape index (κ2) is 9.23. The zero-order valence-electron chi connectivity index (χ0n) is 21.5. The molecule has 0 saturated carbocycles. The average Bonchev–Trinajstić information content (AvgIpc) is 3.55. The average molecular weight is 521 g/mol. The Hall–Kier alpha value is -3.85. The highest BCUT2D eigenvalue weighted by molar-refractivity contribution is 6.31. The van der Waals surface area contributed by atoms with Crippen LogP contribution in [-0.4, -0.2) is 34.2 Å². The lowest BCUT2D eigenvalue weighted by Gasteiger charge is -2.11. The van der Waals surface area contributed by atoms with Crippen LogP contribution >= 0.6 is 11.6 Å². The van der Waals surface area contributed by atoms with Crippen molar-refractivity contribution in [1.29, 1.82) is 0 Å². The van der Waals surface area contributed by atoms with Crippen LogP contribution in [0.5, 0.6) is 0 Å². The number of aryl methyl sites for hydroxylation is 1. The van der Waals surface area contributed by atoms with Gasteiger partial charge in [-0.2, -0.15) is 5.10 Å². The van der Waals surface area contributed by atoms with E-state index >= 15 is 0 Å². The van der Waals surface area contributed by atoms with E-state index in [0.29, 0.717) is 52.5 Å². The summed E-state index contributed by atoms with van der Waals surface area (Å²) >= 11 is 6.28. The number of rotatable bonds is 7. The van der Waals surface area contributed by atoms with Crippen LogP contribution < -0.4 is 11.2 Å². The summed E-state index contributed by atoms with van der Waals surface area (Å²) in [5.41, 5.74) is 3.15. The first-order chi connectivity index (χ1) is 17.6. The Balaban J connectivity index is 1.84. The van der Waals surface area contributed by atoms with Crippen LogP contribution in [0.15, 0.2) is 46.2 Å². The first-order valence-electron chi connectivity index (χ1n) is 12.3. The summed E-state index contributed by atoms with van der Waals surface area (Å²) in [6, 6.07) is 7.42. The minimum absolute atomic E-state index is 0.00751. The molecule has 0 spiro atoms. The Bertz CT molecular complexity index is 1800. The van der Waals surface area contributed by atoms with Gasteiger partial charge in [-0.25, -0.2) is 4.79 Å². The van der Waals surface area contributed by atoms with E-state index < -0.39 is 11.2 Å². The fourth-order valence-corrected chi connectivity index (χ4v) is 5.04. The number of Topliss-reactive ketones (excluding diaryl/α,β-unsaturated/α-hetero) is 1. The third-order valence-electron chi connectivity index (χ3n) is 6.71. The molecular formula is C27H29ClN6O3. The van der Waals surface area contributed by atoms with Gasteiger partial charge in [-0.1, -0.05) is 32.4 Å². The van der Waals surface area contributed by atoms with Crippen molar-refractivity contribution in [3.8, 4) is 11.4 Å². The van der Waals surface area contributed by atoms with Gasteiger partial charge in [0.2, 0.25) is 0 Å². The third-order valence-corrected chi connectivity index (χ3v) is 6.95. The van der Waals surface area contributed by atoms with E-state index in [1.165, 1.54) is 7.05 Å². The molecule has 0 saturated heterocycles. The number of H-pyrrole nitrogens is 1. The number of nitrogens with zero attached hydrogens (tertiary/aromatic N) is 5. The minimum Gasteiger partial charge on any atom is -0.361 e. The Morgan fingerprint density at radius 1 is 1.16 bits per heavy atom. The second-order valence-electron chi connectivity index (χ2n) is 9.86. The molecule has 37 heavy (non-hydrogen) atoms. The molecule has 9 nitrogen and oxygen atoms in total. The molecule has 0 aliphatic carbocycles. The van der Waals surface area contributed by atoms with Crippen molar-refractivity contribution in [3.05, 3.63) is 73.6 Å². The summed E-state index contributed by atoms with van der Waals surface area (Å²) in [5, 5.41) is 6.75. The summed E-state index contributed by atoms with van der Waals surface area (Å²) in [7, 11) is 3.33. The van der Waals surface area contributed by atoms with Crippen molar-refractivity contribution in [2.24, 2.45) is 20.0 Å². The fraction of sp³-hybridized carbons (Fsp3) is 0.333. The molecule has 0 aliphatic heterocycles. The number of aromatic nitrogens is 6. The number of hydrogen-bond acceptors (Lipinski definition) is 4. The smallest absolute Gasteiger partial charge is 0.332 e. The summed E-state index contributed by atoms with van der Waals surface area (Å²) < 4.78 is 6.28. The van der Waals surface area contributed by atoms with Gasteiger partial charge in [-0.3, -0.25) is 23.4 Å². The van der Waals surface area contributed by atoms with Crippen molar-refractivity contribution >= 4 is 39.3 Å². The number of aromatic amines is 1. The molecule has 1 aromatic carbocycles. The van der Waals surface area contributed by atoms with Gasteiger partial charge in [0.15, 0.2) is 11.4 Å². The minimum atomic E-state index is -0.423. The van der Waals surface area contributed by atoms with Crippen LogP contribution in [0.4, 0.5) is 0 Å². The highest BCUT2D eigenvalue weighted by Crippen LogP contribution is 2.31. The maximum Gasteiger partial charge on any atom is 0.332 e. The maximum atomic E-state index is 13.6. The molecule has 0 unspecified atom stereocenters. The SMILES string of the molecule is CCC(=O)c1cc(-c2c3c(=O)n(C)c(=O)n(CC(C)C)c3nn2Cc2c[nH]c3ccc(Cl)cc23)n(C)c1. The molecule has 0 radical (unpaired) electrons. The zero-order valence-corrected chi connectivity index (χ0v) is 22.3. The van der Waals surface area contributed by atoms with Gasteiger partial charge in [-0.15, -0.1) is 0 Å². The maximum absolute atomic E-state index is 13.6. The highest BCUT2D eigenvalue weighted by atomic mass is 35.5. The lowest BCUT2D eigenvalue weighted by atomic mass is 10.1. The third kappa shape index (κ3) is 4.13. The Labute approximate surface area is 217 Å². The number of carbonyl (C=O) groups excluding carboxylic acids is 1. The predicted molar refractivity (Wildman–Crippen MR) is 146 cm³/mol. The lowest BCUT2D eigenvalue weighted by molar-refractivity contribution is 0.0988. The second-order valence-corrected chi connectivity index (χ2v) is 10.3. The summed E-state index contributed by atoms with van der Waals surface area (Å²) in [6.07, 6.45) is 4.03. The number of fused-ring (bicyclic) bond motifs is 2. The molecular weight excluding hydrogens is 492 g/mol. The number of ketones is 1. The summed E-state index contributed by atoms with van der Waals surface area (Å²) in [6.45, 7) is 6.58. The molecule has 1 N–H and O–H groups in total. The first-order valence-corrected chi connectivity index (χ1v) is 12.6. The Morgan fingerprint density at radius 2 is 1.92 bits per heavy atom. The van der Waals surface area contributed by atoms with Crippen molar-refractivity contribution in [1.82, 2.24) is 28.5 Å². The van der Waals surface area contributed by atoms with Gasteiger partial charge in [0, 0.05) is 60.9 Å². The van der Waals surface area contributed by atoms with E-state index in [4.69, 9.17) is 16.7 Å². The molecule has 0 aliphatic rings. The van der Waals surface area contributed by atoms with Crippen LogP contribution in [0.2, 0.25) is 5.02 Å². The van der Waals surface area contributed by atoms with Crippen LogP contribution in [0, 0.1) is 5.92 Å². The standard InChI is InChI=1S/C27H29ClN6O3/c1-6-22(35)16-9-21(31(4)13-16)24-23-25(33(12-15(2)3)27(37)32(5)26(23)36)30-34(24)14-17-11-29-20-8-7-18(28)10-19(17)20/h7-11,13,15,29H,6,12,14H2,1-5H3. The quantitative estimate of drug-likeness (QED) is 0.323. The zero-order chi connectivity index (χ0) is 26.6. The van der Waals surface area contributed by atoms with Gasteiger partial charge in [0.25, 0.3) is 5.56 Å².